The normalized spacial score (nSPS) is 11.5. The van der Waals surface area contributed by atoms with Crippen LogP contribution >= 0.6 is 11.8 Å². The van der Waals surface area contributed by atoms with E-state index in [1.165, 1.54) is 11.8 Å². The van der Waals surface area contributed by atoms with E-state index in [9.17, 15) is 4.79 Å². The number of benzene rings is 3. The van der Waals surface area contributed by atoms with Gasteiger partial charge in [-0.15, -0.1) is 0 Å². The van der Waals surface area contributed by atoms with Crippen LogP contribution in [0.4, 0.5) is 11.4 Å². The second-order valence-electron chi connectivity index (χ2n) is 6.90. The highest BCUT2D eigenvalue weighted by molar-refractivity contribution is 7.99. The fraction of sp³-hybridized carbons (Fsp3) is 0.0400. The maximum atomic E-state index is 12.1. The van der Waals surface area contributed by atoms with Crippen molar-refractivity contribution in [2.24, 2.45) is 4.99 Å². The molecular weight excluding hydrogens is 408 g/mol. The molecule has 0 spiro atoms. The van der Waals surface area contributed by atoms with Gasteiger partial charge in [-0.1, -0.05) is 48.2 Å². The van der Waals surface area contributed by atoms with Gasteiger partial charge < -0.3 is 14.2 Å². The fourth-order valence-electron chi connectivity index (χ4n) is 3.27. The van der Waals surface area contributed by atoms with Crippen molar-refractivity contribution in [3.63, 3.8) is 0 Å². The molecule has 0 radical (unpaired) electrons. The SMILES string of the molecule is O=C(CSc1ccc(C=Nc2ccc3c(c2)oc2ccccc23)o1)Nc1ccccc1. The van der Waals surface area contributed by atoms with Crippen LogP contribution < -0.4 is 5.32 Å². The van der Waals surface area contributed by atoms with Gasteiger partial charge in [0.25, 0.3) is 0 Å². The van der Waals surface area contributed by atoms with E-state index < -0.39 is 0 Å². The number of thioether (sulfide) groups is 1. The molecule has 0 atom stereocenters. The summed E-state index contributed by atoms with van der Waals surface area (Å²) in [6, 6.07) is 26.9. The first-order chi connectivity index (χ1) is 15.2. The standard InChI is InChI=1S/C25H18N2O3S/c28-24(27-17-6-2-1-3-7-17)16-31-25-13-11-19(29-25)15-26-18-10-12-21-20-8-4-5-9-22(20)30-23(21)14-18/h1-15H,16H2,(H,27,28). The average Bonchev–Trinajstić information content (AvgIpc) is 3.41. The number of carbonyl (C=O) groups excluding carboxylic acids is 1. The highest BCUT2D eigenvalue weighted by Crippen LogP contribution is 2.31. The minimum absolute atomic E-state index is 0.0815. The third-order valence-electron chi connectivity index (χ3n) is 4.71. The van der Waals surface area contributed by atoms with Gasteiger partial charge in [0.1, 0.15) is 16.9 Å². The summed E-state index contributed by atoms with van der Waals surface area (Å²) >= 11 is 1.34. The Bertz CT molecular complexity index is 1390. The van der Waals surface area contributed by atoms with Gasteiger partial charge in [-0.3, -0.25) is 9.79 Å². The van der Waals surface area contributed by atoms with Gasteiger partial charge in [0, 0.05) is 22.5 Å². The fourth-order valence-corrected chi connectivity index (χ4v) is 3.93. The van der Waals surface area contributed by atoms with Gasteiger partial charge in [-0.05, 0) is 42.5 Å². The highest BCUT2D eigenvalue weighted by atomic mass is 32.2. The first kappa shape index (κ1) is 19.2. The second kappa shape index (κ2) is 8.53. The first-order valence-corrected chi connectivity index (χ1v) is 10.8. The van der Waals surface area contributed by atoms with E-state index in [0.717, 1.165) is 33.3 Å². The highest BCUT2D eigenvalue weighted by Gasteiger charge is 2.08. The molecule has 3 aromatic carbocycles. The Morgan fingerprint density at radius 3 is 2.58 bits per heavy atom. The molecule has 0 aliphatic rings. The molecule has 5 aromatic rings. The topological polar surface area (TPSA) is 67.7 Å². The largest absolute Gasteiger partial charge is 0.456 e. The first-order valence-electron chi connectivity index (χ1n) is 9.77. The summed E-state index contributed by atoms with van der Waals surface area (Å²) in [6.07, 6.45) is 1.66. The molecule has 6 heteroatoms. The lowest BCUT2D eigenvalue weighted by molar-refractivity contribution is -0.113. The van der Waals surface area contributed by atoms with Crippen molar-refractivity contribution < 1.29 is 13.6 Å². The van der Waals surface area contributed by atoms with E-state index in [1.54, 1.807) is 6.21 Å². The predicted octanol–water partition coefficient (Wildman–Crippen LogP) is 6.66. The van der Waals surface area contributed by atoms with Crippen molar-refractivity contribution >= 4 is 57.2 Å². The summed E-state index contributed by atoms with van der Waals surface area (Å²) in [7, 11) is 0. The van der Waals surface area contributed by atoms with Crippen LogP contribution in [-0.2, 0) is 4.79 Å². The molecule has 2 aromatic heterocycles. The van der Waals surface area contributed by atoms with Crippen molar-refractivity contribution in [1.29, 1.82) is 0 Å². The number of nitrogens with zero attached hydrogens (tertiary/aromatic N) is 1. The molecule has 0 aliphatic heterocycles. The van der Waals surface area contributed by atoms with Crippen LogP contribution in [0, 0.1) is 0 Å². The number of carbonyl (C=O) groups is 1. The maximum absolute atomic E-state index is 12.1. The molecule has 0 unspecified atom stereocenters. The molecule has 0 fully saturated rings. The smallest absolute Gasteiger partial charge is 0.234 e. The quantitative estimate of drug-likeness (QED) is 0.243. The van der Waals surface area contributed by atoms with Crippen LogP contribution in [0.2, 0.25) is 0 Å². The minimum Gasteiger partial charge on any atom is -0.456 e. The van der Waals surface area contributed by atoms with Crippen molar-refractivity contribution in [1.82, 2.24) is 0 Å². The number of anilines is 1. The van der Waals surface area contributed by atoms with E-state index in [-0.39, 0.29) is 11.7 Å². The Hall–Kier alpha value is -3.77. The summed E-state index contributed by atoms with van der Waals surface area (Å²) in [6.45, 7) is 0. The number of hydrogen-bond donors (Lipinski definition) is 1. The molecule has 0 aliphatic carbocycles. The number of rotatable bonds is 6. The van der Waals surface area contributed by atoms with E-state index in [4.69, 9.17) is 8.83 Å². The van der Waals surface area contributed by atoms with E-state index >= 15 is 0 Å². The van der Waals surface area contributed by atoms with Crippen molar-refractivity contribution in [2.75, 3.05) is 11.1 Å². The molecule has 0 saturated carbocycles. The van der Waals surface area contributed by atoms with Crippen molar-refractivity contribution in [3.05, 3.63) is 90.7 Å². The third-order valence-corrected chi connectivity index (χ3v) is 5.62. The molecular formula is C25H18N2O3S. The lowest BCUT2D eigenvalue weighted by Crippen LogP contribution is -2.13. The van der Waals surface area contributed by atoms with Crippen LogP contribution in [0.15, 0.2) is 104 Å². The van der Waals surface area contributed by atoms with Crippen molar-refractivity contribution in [2.45, 2.75) is 5.09 Å². The zero-order valence-electron chi connectivity index (χ0n) is 16.4. The number of nitrogens with one attached hydrogen (secondary N) is 1. The number of hydrogen-bond acceptors (Lipinski definition) is 5. The van der Waals surface area contributed by atoms with Crippen molar-refractivity contribution in [3.8, 4) is 0 Å². The molecule has 0 saturated heterocycles. The van der Waals surface area contributed by atoms with Gasteiger partial charge in [0.2, 0.25) is 5.91 Å². The van der Waals surface area contributed by atoms with Gasteiger partial charge in [0.15, 0.2) is 5.09 Å². The molecule has 31 heavy (non-hydrogen) atoms. The van der Waals surface area contributed by atoms with Crippen LogP contribution in [0.3, 0.4) is 0 Å². The number of aliphatic imine (C=N–C) groups is 1. The molecule has 0 bridgehead atoms. The zero-order valence-corrected chi connectivity index (χ0v) is 17.3. The summed E-state index contributed by atoms with van der Waals surface area (Å²) in [4.78, 5) is 16.6. The lowest BCUT2D eigenvalue weighted by Gasteiger charge is -2.03. The Morgan fingerprint density at radius 2 is 1.68 bits per heavy atom. The molecule has 2 heterocycles. The minimum atomic E-state index is -0.0815. The van der Waals surface area contributed by atoms with Crippen LogP contribution in [-0.4, -0.2) is 17.9 Å². The molecule has 1 amide bonds. The van der Waals surface area contributed by atoms with E-state index in [1.807, 2.05) is 84.9 Å². The number of amides is 1. The Balaban J connectivity index is 1.23. The monoisotopic (exact) mass is 426 g/mol. The summed E-state index contributed by atoms with van der Waals surface area (Å²) < 4.78 is 11.7. The van der Waals surface area contributed by atoms with E-state index in [2.05, 4.69) is 10.3 Å². The summed E-state index contributed by atoms with van der Waals surface area (Å²) in [5.41, 5.74) is 3.22. The van der Waals surface area contributed by atoms with Crippen LogP contribution in [0.5, 0.6) is 0 Å². The second-order valence-corrected chi connectivity index (χ2v) is 7.88. The molecule has 5 nitrogen and oxygen atoms in total. The Kier molecular flexibility index (Phi) is 5.29. The Labute approximate surface area is 182 Å². The van der Waals surface area contributed by atoms with Gasteiger partial charge >= 0.3 is 0 Å². The van der Waals surface area contributed by atoms with Crippen LogP contribution in [0.1, 0.15) is 5.76 Å². The number of furan rings is 2. The maximum Gasteiger partial charge on any atom is 0.234 e. The Morgan fingerprint density at radius 1 is 0.871 bits per heavy atom. The number of fused-ring (bicyclic) bond motifs is 3. The zero-order chi connectivity index (χ0) is 21.0. The molecule has 1 N–H and O–H groups in total. The van der Waals surface area contributed by atoms with Gasteiger partial charge in [0.05, 0.1) is 17.7 Å². The summed E-state index contributed by atoms with van der Waals surface area (Å²) in [5, 5.41) is 5.68. The molecule has 152 valence electrons. The average molecular weight is 426 g/mol. The molecule has 5 rings (SSSR count). The third kappa shape index (κ3) is 4.39. The predicted molar refractivity (Wildman–Crippen MR) is 125 cm³/mol. The summed E-state index contributed by atoms with van der Waals surface area (Å²) in [5.74, 6) is 0.805. The van der Waals surface area contributed by atoms with Gasteiger partial charge in [-0.2, -0.15) is 0 Å². The van der Waals surface area contributed by atoms with E-state index in [0.29, 0.717) is 10.9 Å². The lowest BCUT2D eigenvalue weighted by atomic mass is 10.1. The van der Waals surface area contributed by atoms with Gasteiger partial charge in [-0.25, -0.2) is 0 Å². The number of para-hydroxylation sites is 2. The van der Waals surface area contributed by atoms with Crippen LogP contribution in [0.25, 0.3) is 21.9 Å².